The Morgan fingerprint density at radius 1 is 1.26 bits per heavy atom. The fourth-order valence-electron chi connectivity index (χ4n) is 2.03. The van der Waals surface area contributed by atoms with Gasteiger partial charge in [0.1, 0.15) is 11.5 Å². The molecule has 4 nitrogen and oxygen atoms in total. The average Bonchev–Trinajstić information content (AvgIpc) is 2.82. The van der Waals surface area contributed by atoms with Crippen molar-refractivity contribution in [2.75, 3.05) is 14.2 Å². The van der Waals surface area contributed by atoms with Crippen molar-refractivity contribution >= 4 is 11.3 Å². The second-order valence-electron chi connectivity index (χ2n) is 4.27. The van der Waals surface area contributed by atoms with Gasteiger partial charge in [0.2, 0.25) is 0 Å². The monoisotopic (exact) mass is 278 g/mol. The standard InChI is InChI=1S/C14H18N2O2S/c1-9-8-19-13(16-9)7-10(15)14-11(17-2)5-4-6-12(14)18-3/h4-6,8,10H,7,15H2,1-3H3. The number of hydrogen-bond donors (Lipinski definition) is 1. The van der Waals surface area contributed by atoms with Crippen molar-refractivity contribution < 1.29 is 9.47 Å². The molecule has 1 atom stereocenters. The van der Waals surface area contributed by atoms with Crippen LogP contribution in [0.5, 0.6) is 11.5 Å². The number of methoxy groups -OCH3 is 2. The zero-order chi connectivity index (χ0) is 13.8. The SMILES string of the molecule is COc1cccc(OC)c1C(N)Cc1nc(C)cs1. The Morgan fingerprint density at radius 2 is 1.89 bits per heavy atom. The molecule has 1 heterocycles. The maximum Gasteiger partial charge on any atom is 0.127 e. The summed E-state index contributed by atoms with van der Waals surface area (Å²) in [5.41, 5.74) is 8.21. The molecule has 0 spiro atoms. The normalized spacial score (nSPS) is 12.2. The van der Waals surface area contributed by atoms with Gasteiger partial charge in [-0.2, -0.15) is 0 Å². The predicted molar refractivity (Wildman–Crippen MR) is 77.0 cm³/mol. The van der Waals surface area contributed by atoms with Crippen LogP contribution in [0, 0.1) is 6.92 Å². The van der Waals surface area contributed by atoms with E-state index in [0.717, 1.165) is 27.8 Å². The van der Waals surface area contributed by atoms with E-state index in [1.54, 1.807) is 25.6 Å². The van der Waals surface area contributed by atoms with E-state index in [2.05, 4.69) is 4.98 Å². The van der Waals surface area contributed by atoms with E-state index in [1.807, 2.05) is 30.5 Å². The largest absolute Gasteiger partial charge is 0.496 e. The highest BCUT2D eigenvalue weighted by molar-refractivity contribution is 7.09. The quantitative estimate of drug-likeness (QED) is 0.913. The lowest BCUT2D eigenvalue weighted by atomic mass is 10.0. The fourth-order valence-corrected chi connectivity index (χ4v) is 2.86. The smallest absolute Gasteiger partial charge is 0.127 e. The average molecular weight is 278 g/mol. The molecule has 2 aromatic rings. The highest BCUT2D eigenvalue weighted by Gasteiger charge is 2.18. The van der Waals surface area contributed by atoms with Gasteiger partial charge in [-0.05, 0) is 19.1 Å². The van der Waals surface area contributed by atoms with Crippen molar-refractivity contribution in [3.8, 4) is 11.5 Å². The summed E-state index contributed by atoms with van der Waals surface area (Å²) >= 11 is 1.63. The first kappa shape index (κ1) is 13.8. The van der Waals surface area contributed by atoms with Gasteiger partial charge in [0, 0.05) is 23.5 Å². The molecule has 5 heteroatoms. The van der Waals surface area contributed by atoms with Crippen LogP contribution in [0.4, 0.5) is 0 Å². The van der Waals surface area contributed by atoms with Crippen molar-refractivity contribution in [2.45, 2.75) is 19.4 Å². The van der Waals surface area contributed by atoms with Crippen LogP contribution in [0.25, 0.3) is 0 Å². The molecule has 0 saturated carbocycles. The number of ether oxygens (including phenoxy) is 2. The molecule has 0 aliphatic carbocycles. The lowest BCUT2D eigenvalue weighted by Gasteiger charge is -2.18. The van der Waals surface area contributed by atoms with Crippen molar-refractivity contribution in [1.82, 2.24) is 4.98 Å². The van der Waals surface area contributed by atoms with Crippen LogP contribution in [0.1, 0.15) is 22.3 Å². The van der Waals surface area contributed by atoms with Crippen LogP contribution >= 0.6 is 11.3 Å². The van der Waals surface area contributed by atoms with Gasteiger partial charge in [-0.15, -0.1) is 11.3 Å². The molecule has 1 aromatic carbocycles. The molecule has 0 fully saturated rings. The Kier molecular flexibility index (Phi) is 4.39. The minimum absolute atomic E-state index is 0.198. The van der Waals surface area contributed by atoms with Crippen LogP contribution in [0.2, 0.25) is 0 Å². The minimum Gasteiger partial charge on any atom is -0.496 e. The highest BCUT2D eigenvalue weighted by Crippen LogP contribution is 2.34. The van der Waals surface area contributed by atoms with E-state index in [1.165, 1.54) is 0 Å². The molecule has 19 heavy (non-hydrogen) atoms. The van der Waals surface area contributed by atoms with Gasteiger partial charge < -0.3 is 15.2 Å². The summed E-state index contributed by atoms with van der Waals surface area (Å²) in [5.74, 6) is 1.50. The number of aryl methyl sites for hydroxylation is 1. The van der Waals surface area contributed by atoms with Crippen LogP contribution < -0.4 is 15.2 Å². The first-order valence-electron chi connectivity index (χ1n) is 6.03. The summed E-state index contributed by atoms with van der Waals surface area (Å²) in [5, 5.41) is 3.06. The first-order chi connectivity index (χ1) is 9.15. The molecule has 2 N–H and O–H groups in total. The van der Waals surface area contributed by atoms with Crippen molar-refractivity contribution in [3.05, 3.63) is 39.8 Å². The molecule has 0 amide bonds. The Morgan fingerprint density at radius 3 is 2.37 bits per heavy atom. The minimum atomic E-state index is -0.198. The summed E-state index contributed by atoms with van der Waals surface area (Å²) in [6, 6.07) is 5.48. The fraction of sp³-hybridized carbons (Fsp3) is 0.357. The summed E-state index contributed by atoms with van der Waals surface area (Å²) in [6.07, 6.45) is 0.676. The van der Waals surface area contributed by atoms with Gasteiger partial charge in [-0.1, -0.05) is 6.07 Å². The van der Waals surface area contributed by atoms with Gasteiger partial charge in [0.25, 0.3) is 0 Å². The molecule has 102 valence electrons. The van der Waals surface area contributed by atoms with E-state index in [-0.39, 0.29) is 6.04 Å². The number of nitrogens with zero attached hydrogens (tertiary/aromatic N) is 1. The lowest BCUT2D eigenvalue weighted by Crippen LogP contribution is -2.15. The van der Waals surface area contributed by atoms with Gasteiger partial charge in [0.15, 0.2) is 0 Å². The predicted octanol–water partition coefficient (Wildman–Crippen LogP) is 2.71. The van der Waals surface area contributed by atoms with Gasteiger partial charge in [-0.3, -0.25) is 0 Å². The maximum absolute atomic E-state index is 6.30. The zero-order valence-corrected chi connectivity index (χ0v) is 12.2. The molecule has 0 bridgehead atoms. The Hall–Kier alpha value is -1.59. The third kappa shape index (κ3) is 3.05. The molecule has 0 aliphatic rings. The Balaban J connectivity index is 2.29. The van der Waals surface area contributed by atoms with Gasteiger partial charge >= 0.3 is 0 Å². The zero-order valence-electron chi connectivity index (χ0n) is 11.3. The third-order valence-corrected chi connectivity index (χ3v) is 3.89. The number of aromatic nitrogens is 1. The molecule has 1 unspecified atom stereocenters. The van der Waals surface area contributed by atoms with Crippen LogP contribution in [-0.4, -0.2) is 19.2 Å². The molecule has 0 saturated heterocycles. The summed E-state index contributed by atoms with van der Waals surface area (Å²) in [6.45, 7) is 1.98. The van der Waals surface area contributed by atoms with Gasteiger partial charge in [-0.25, -0.2) is 4.98 Å². The third-order valence-electron chi connectivity index (χ3n) is 2.90. The molecule has 1 aromatic heterocycles. The highest BCUT2D eigenvalue weighted by atomic mass is 32.1. The van der Waals surface area contributed by atoms with Crippen molar-refractivity contribution in [3.63, 3.8) is 0 Å². The topological polar surface area (TPSA) is 57.4 Å². The van der Waals surface area contributed by atoms with Crippen molar-refractivity contribution in [2.24, 2.45) is 5.73 Å². The van der Waals surface area contributed by atoms with Gasteiger partial charge in [0.05, 0.1) is 24.8 Å². The second kappa shape index (κ2) is 6.04. The van der Waals surface area contributed by atoms with E-state index in [4.69, 9.17) is 15.2 Å². The van der Waals surface area contributed by atoms with Crippen LogP contribution in [0.3, 0.4) is 0 Å². The molecule has 0 aliphatic heterocycles. The van der Waals surface area contributed by atoms with E-state index < -0.39 is 0 Å². The number of nitrogens with two attached hydrogens (primary N) is 1. The number of thiazole rings is 1. The number of benzene rings is 1. The number of hydrogen-bond acceptors (Lipinski definition) is 5. The maximum atomic E-state index is 6.30. The van der Waals surface area contributed by atoms with E-state index >= 15 is 0 Å². The Labute approximate surface area is 117 Å². The lowest BCUT2D eigenvalue weighted by molar-refractivity contribution is 0.379. The van der Waals surface area contributed by atoms with Crippen LogP contribution in [-0.2, 0) is 6.42 Å². The number of rotatable bonds is 5. The van der Waals surface area contributed by atoms with E-state index in [0.29, 0.717) is 6.42 Å². The molecule has 2 rings (SSSR count). The summed E-state index contributed by atoms with van der Waals surface area (Å²) in [4.78, 5) is 4.44. The molecule has 0 radical (unpaired) electrons. The Bertz CT molecular complexity index is 532. The molecular formula is C14H18N2O2S. The van der Waals surface area contributed by atoms with Crippen molar-refractivity contribution in [1.29, 1.82) is 0 Å². The molecular weight excluding hydrogens is 260 g/mol. The second-order valence-corrected chi connectivity index (χ2v) is 5.21. The first-order valence-corrected chi connectivity index (χ1v) is 6.91. The van der Waals surface area contributed by atoms with Crippen LogP contribution in [0.15, 0.2) is 23.6 Å². The summed E-state index contributed by atoms with van der Waals surface area (Å²) in [7, 11) is 3.27. The van der Waals surface area contributed by atoms with E-state index in [9.17, 15) is 0 Å². The summed E-state index contributed by atoms with van der Waals surface area (Å²) < 4.78 is 10.7.